The number of para-hydroxylation sites is 1. The summed E-state index contributed by atoms with van der Waals surface area (Å²) in [5.41, 5.74) is 4.34. The van der Waals surface area contributed by atoms with Gasteiger partial charge in [-0.15, -0.1) is 0 Å². The van der Waals surface area contributed by atoms with E-state index in [1.807, 2.05) is 37.3 Å². The van der Waals surface area contributed by atoms with Gasteiger partial charge in [-0.25, -0.2) is 5.43 Å². The normalized spacial score (nSPS) is 11.0. The van der Waals surface area contributed by atoms with Crippen LogP contribution in [-0.4, -0.2) is 31.2 Å². The zero-order valence-electron chi connectivity index (χ0n) is 19.4. The molecule has 0 atom stereocenters. The van der Waals surface area contributed by atoms with E-state index in [2.05, 4.69) is 63.6 Å². The number of ether oxygens (including phenoxy) is 2. The summed E-state index contributed by atoms with van der Waals surface area (Å²) in [6, 6.07) is 17.9. The molecule has 4 rings (SSSR count). The van der Waals surface area contributed by atoms with Gasteiger partial charge < -0.3 is 19.2 Å². The third-order valence-corrected chi connectivity index (χ3v) is 6.51. The highest BCUT2D eigenvalue weighted by molar-refractivity contribution is 9.11. The number of hydrogen-bond acceptors (Lipinski definition) is 6. The number of fused-ring (bicyclic) bond motifs is 1. The van der Waals surface area contributed by atoms with Gasteiger partial charge in [-0.3, -0.25) is 9.59 Å². The second-order valence-corrected chi connectivity index (χ2v) is 10.2. The minimum atomic E-state index is -0.496. The summed E-state index contributed by atoms with van der Waals surface area (Å²) in [6.45, 7) is 2.01. The fourth-order valence-corrected chi connectivity index (χ4v) is 5.24. The SMILES string of the molecule is CCOc1cc(/C=N\NC(=O)c2cc3cc(Br)cc(Br)c3o2)cc(Br)c1OCC(=O)Nc1ccccc1. The predicted octanol–water partition coefficient (Wildman–Crippen LogP) is 6.90. The number of hydrazone groups is 1. The highest BCUT2D eigenvalue weighted by Gasteiger charge is 2.16. The lowest BCUT2D eigenvalue weighted by molar-refractivity contribution is -0.118. The van der Waals surface area contributed by atoms with E-state index in [9.17, 15) is 9.59 Å². The fourth-order valence-electron chi connectivity index (χ4n) is 3.33. The Kier molecular flexibility index (Phi) is 9.01. The van der Waals surface area contributed by atoms with Gasteiger partial charge in [0.05, 0.1) is 21.8 Å². The maximum atomic E-state index is 12.5. The van der Waals surface area contributed by atoms with Crippen LogP contribution < -0.4 is 20.2 Å². The van der Waals surface area contributed by atoms with E-state index in [1.54, 1.807) is 30.3 Å². The fraction of sp³-hybridized carbons (Fsp3) is 0.115. The molecule has 0 saturated carbocycles. The van der Waals surface area contributed by atoms with Crippen LogP contribution in [-0.2, 0) is 4.79 Å². The summed E-state index contributed by atoms with van der Waals surface area (Å²) in [6.07, 6.45) is 1.46. The summed E-state index contributed by atoms with van der Waals surface area (Å²) in [4.78, 5) is 24.8. The van der Waals surface area contributed by atoms with Crippen LogP contribution in [0.5, 0.6) is 11.5 Å². The molecule has 1 aromatic heterocycles. The molecule has 0 spiro atoms. The van der Waals surface area contributed by atoms with E-state index in [-0.39, 0.29) is 18.3 Å². The number of amides is 2. The van der Waals surface area contributed by atoms with Gasteiger partial charge in [0.15, 0.2) is 23.9 Å². The quantitative estimate of drug-likeness (QED) is 0.147. The molecule has 8 nitrogen and oxygen atoms in total. The minimum absolute atomic E-state index is 0.125. The molecule has 0 unspecified atom stereocenters. The van der Waals surface area contributed by atoms with Crippen LogP contribution in [0, 0.1) is 0 Å². The van der Waals surface area contributed by atoms with Crippen molar-refractivity contribution in [3.63, 3.8) is 0 Å². The molecular formula is C26H20Br3N3O5. The van der Waals surface area contributed by atoms with Crippen molar-refractivity contribution in [3.05, 3.63) is 85.4 Å². The van der Waals surface area contributed by atoms with E-state index < -0.39 is 5.91 Å². The van der Waals surface area contributed by atoms with E-state index in [0.29, 0.717) is 39.4 Å². The van der Waals surface area contributed by atoms with Gasteiger partial charge in [-0.05, 0) is 86.8 Å². The number of carbonyl (C=O) groups is 2. The molecule has 2 N–H and O–H groups in total. The molecule has 11 heteroatoms. The Balaban J connectivity index is 1.43. The van der Waals surface area contributed by atoms with E-state index in [4.69, 9.17) is 13.9 Å². The number of nitrogens with one attached hydrogen (secondary N) is 2. The highest BCUT2D eigenvalue weighted by atomic mass is 79.9. The van der Waals surface area contributed by atoms with Crippen molar-refractivity contribution < 1.29 is 23.5 Å². The van der Waals surface area contributed by atoms with Crippen molar-refractivity contribution >= 4 is 82.5 Å². The number of carbonyl (C=O) groups excluding carboxylic acids is 2. The van der Waals surface area contributed by atoms with Crippen molar-refractivity contribution in [2.75, 3.05) is 18.5 Å². The van der Waals surface area contributed by atoms with Crippen molar-refractivity contribution in [2.45, 2.75) is 6.92 Å². The van der Waals surface area contributed by atoms with Gasteiger partial charge in [0.25, 0.3) is 5.91 Å². The monoisotopic (exact) mass is 691 g/mol. The molecule has 3 aromatic carbocycles. The highest BCUT2D eigenvalue weighted by Crippen LogP contribution is 2.36. The molecule has 2 amide bonds. The van der Waals surface area contributed by atoms with Crippen LogP contribution in [0.25, 0.3) is 11.0 Å². The summed E-state index contributed by atoms with van der Waals surface area (Å²) in [7, 11) is 0. The Hall–Kier alpha value is -3.15. The summed E-state index contributed by atoms with van der Waals surface area (Å²) in [5.74, 6) is 0.123. The molecule has 0 aliphatic rings. The zero-order chi connectivity index (χ0) is 26.4. The summed E-state index contributed by atoms with van der Waals surface area (Å²) < 4.78 is 19.2. The Morgan fingerprint density at radius 1 is 1.00 bits per heavy atom. The van der Waals surface area contributed by atoms with Gasteiger partial charge in [0.2, 0.25) is 0 Å². The number of rotatable bonds is 9. The number of halogens is 3. The van der Waals surface area contributed by atoms with Crippen LogP contribution in [0.1, 0.15) is 23.0 Å². The van der Waals surface area contributed by atoms with Crippen LogP contribution in [0.4, 0.5) is 5.69 Å². The predicted molar refractivity (Wildman–Crippen MR) is 153 cm³/mol. The van der Waals surface area contributed by atoms with E-state index in [1.165, 1.54) is 6.21 Å². The van der Waals surface area contributed by atoms with Crippen molar-refractivity contribution in [2.24, 2.45) is 5.10 Å². The first-order chi connectivity index (χ1) is 17.8. The minimum Gasteiger partial charge on any atom is -0.490 e. The number of furan rings is 1. The molecule has 190 valence electrons. The first-order valence-corrected chi connectivity index (χ1v) is 13.4. The van der Waals surface area contributed by atoms with Gasteiger partial charge in [0.1, 0.15) is 5.58 Å². The van der Waals surface area contributed by atoms with Crippen LogP contribution in [0.3, 0.4) is 0 Å². The van der Waals surface area contributed by atoms with Crippen molar-refractivity contribution in [3.8, 4) is 11.5 Å². The Morgan fingerprint density at radius 2 is 1.78 bits per heavy atom. The number of nitrogens with zero attached hydrogens (tertiary/aromatic N) is 1. The molecule has 1 heterocycles. The Bertz CT molecular complexity index is 1470. The van der Waals surface area contributed by atoms with Gasteiger partial charge >= 0.3 is 5.91 Å². The Labute approximate surface area is 237 Å². The smallest absolute Gasteiger partial charge is 0.307 e. The third-order valence-electron chi connectivity index (χ3n) is 4.88. The first-order valence-electron chi connectivity index (χ1n) is 11.0. The van der Waals surface area contributed by atoms with Crippen LogP contribution in [0.15, 0.2) is 83.6 Å². The average molecular weight is 694 g/mol. The van der Waals surface area contributed by atoms with Gasteiger partial charge in [-0.1, -0.05) is 34.1 Å². The molecule has 37 heavy (non-hydrogen) atoms. The first kappa shape index (κ1) is 26.9. The topological polar surface area (TPSA) is 102 Å². The second kappa shape index (κ2) is 12.4. The number of anilines is 1. The molecule has 4 aromatic rings. The number of hydrogen-bond donors (Lipinski definition) is 2. The van der Waals surface area contributed by atoms with Gasteiger partial charge in [0, 0.05) is 15.5 Å². The molecule has 0 aliphatic heterocycles. The summed E-state index contributed by atoms with van der Waals surface area (Å²) >= 11 is 10.3. The van der Waals surface area contributed by atoms with Crippen molar-refractivity contribution in [1.82, 2.24) is 5.43 Å². The molecule has 0 fully saturated rings. The molecular weight excluding hydrogens is 674 g/mol. The lowest BCUT2D eigenvalue weighted by atomic mass is 10.2. The number of benzene rings is 3. The van der Waals surface area contributed by atoms with Gasteiger partial charge in [-0.2, -0.15) is 5.10 Å². The molecule has 0 radical (unpaired) electrons. The standard InChI is InChI=1S/C26H20Br3N3O5/c1-2-35-21-9-15(8-19(28)25(21)36-14-23(33)31-18-6-4-3-5-7-18)13-30-32-26(34)22-11-16-10-17(27)12-20(29)24(16)37-22/h3-13H,2,14H2,1H3,(H,31,33)(H,32,34)/b30-13-. The van der Waals surface area contributed by atoms with E-state index >= 15 is 0 Å². The van der Waals surface area contributed by atoms with Crippen LogP contribution in [0.2, 0.25) is 0 Å². The summed E-state index contributed by atoms with van der Waals surface area (Å²) in [5, 5.41) is 7.57. The van der Waals surface area contributed by atoms with Crippen molar-refractivity contribution in [1.29, 1.82) is 0 Å². The molecule has 0 saturated heterocycles. The maximum Gasteiger partial charge on any atom is 0.307 e. The Morgan fingerprint density at radius 3 is 2.54 bits per heavy atom. The van der Waals surface area contributed by atoms with Crippen LogP contribution >= 0.6 is 47.8 Å². The average Bonchev–Trinajstić information content (AvgIpc) is 3.29. The zero-order valence-corrected chi connectivity index (χ0v) is 24.1. The third kappa shape index (κ3) is 7.00. The maximum absolute atomic E-state index is 12.5. The van der Waals surface area contributed by atoms with E-state index in [0.717, 1.165) is 14.3 Å². The largest absolute Gasteiger partial charge is 0.490 e. The molecule has 0 bridgehead atoms. The lowest BCUT2D eigenvalue weighted by Crippen LogP contribution is -2.20. The second-order valence-electron chi connectivity index (χ2n) is 7.58. The lowest BCUT2D eigenvalue weighted by Gasteiger charge is -2.14. The molecule has 0 aliphatic carbocycles.